The molecule has 1 amide bonds. The summed E-state index contributed by atoms with van der Waals surface area (Å²) in [5.74, 6) is 0.0803. The number of hydrogen-bond donors (Lipinski definition) is 2. The molecule has 0 unspecified atom stereocenters. The third-order valence-corrected chi connectivity index (χ3v) is 2.61. The van der Waals surface area contributed by atoms with Crippen molar-refractivity contribution in [3.05, 3.63) is 0 Å². The molecular formula is C12H27N3O. The number of hydrogen-bond acceptors (Lipinski definition) is 3. The minimum atomic E-state index is -0.0948. The Bertz CT molecular complexity index is 202. The third kappa shape index (κ3) is 8.68. The quantitative estimate of drug-likeness (QED) is 0.606. The SMILES string of the molecule is CCC(C)(C)NC(=O)CNCCCN(C)C. The van der Waals surface area contributed by atoms with E-state index in [1.54, 1.807) is 0 Å². The summed E-state index contributed by atoms with van der Waals surface area (Å²) < 4.78 is 0. The first-order chi connectivity index (χ1) is 7.37. The Morgan fingerprint density at radius 2 is 1.94 bits per heavy atom. The Morgan fingerprint density at radius 3 is 2.44 bits per heavy atom. The lowest BCUT2D eigenvalue weighted by Crippen LogP contribution is -2.46. The van der Waals surface area contributed by atoms with E-state index in [-0.39, 0.29) is 11.4 Å². The van der Waals surface area contributed by atoms with Crippen LogP contribution in [-0.4, -0.2) is 50.1 Å². The van der Waals surface area contributed by atoms with Crippen molar-refractivity contribution in [2.45, 2.75) is 39.2 Å². The predicted octanol–water partition coefficient (Wildman–Crippen LogP) is 0.833. The van der Waals surface area contributed by atoms with Gasteiger partial charge in [0, 0.05) is 5.54 Å². The van der Waals surface area contributed by atoms with Crippen molar-refractivity contribution in [1.29, 1.82) is 0 Å². The van der Waals surface area contributed by atoms with Crippen LogP contribution in [-0.2, 0) is 4.79 Å². The van der Waals surface area contributed by atoms with E-state index in [1.807, 2.05) is 13.8 Å². The molecule has 0 saturated carbocycles. The molecule has 0 rings (SSSR count). The van der Waals surface area contributed by atoms with Gasteiger partial charge in [-0.25, -0.2) is 0 Å². The van der Waals surface area contributed by atoms with Gasteiger partial charge in [0.15, 0.2) is 0 Å². The summed E-state index contributed by atoms with van der Waals surface area (Å²) in [4.78, 5) is 13.7. The zero-order chi connectivity index (χ0) is 12.6. The number of amides is 1. The van der Waals surface area contributed by atoms with Gasteiger partial charge in [-0.2, -0.15) is 0 Å². The molecular weight excluding hydrogens is 202 g/mol. The molecule has 4 nitrogen and oxygen atoms in total. The van der Waals surface area contributed by atoms with Crippen LogP contribution in [0.15, 0.2) is 0 Å². The molecule has 0 spiro atoms. The van der Waals surface area contributed by atoms with Crippen LogP contribution in [0.25, 0.3) is 0 Å². The molecule has 0 aromatic rings. The van der Waals surface area contributed by atoms with Gasteiger partial charge in [-0.05, 0) is 53.9 Å². The van der Waals surface area contributed by atoms with E-state index in [9.17, 15) is 4.79 Å². The molecule has 0 radical (unpaired) electrons. The fraction of sp³-hybridized carbons (Fsp3) is 0.917. The maximum Gasteiger partial charge on any atom is 0.234 e. The minimum Gasteiger partial charge on any atom is -0.350 e. The van der Waals surface area contributed by atoms with Gasteiger partial charge in [0.2, 0.25) is 5.91 Å². The normalized spacial score (nSPS) is 11.9. The number of nitrogens with zero attached hydrogens (tertiary/aromatic N) is 1. The summed E-state index contributed by atoms with van der Waals surface area (Å²) in [5, 5.41) is 6.14. The van der Waals surface area contributed by atoms with Gasteiger partial charge in [-0.1, -0.05) is 6.92 Å². The van der Waals surface area contributed by atoms with Crippen LogP contribution in [0.5, 0.6) is 0 Å². The zero-order valence-electron chi connectivity index (χ0n) is 11.4. The zero-order valence-corrected chi connectivity index (χ0v) is 11.4. The van der Waals surface area contributed by atoms with E-state index in [0.29, 0.717) is 6.54 Å². The second-order valence-corrected chi connectivity index (χ2v) is 5.12. The molecule has 0 heterocycles. The highest BCUT2D eigenvalue weighted by Crippen LogP contribution is 2.05. The average molecular weight is 229 g/mol. The lowest BCUT2D eigenvalue weighted by Gasteiger charge is -2.24. The minimum absolute atomic E-state index is 0.0803. The molecule has 96 valence electrons. The maximum absolute atomic E-state index is 11.5. The van der Waals surface area contributed by atoms with Crippen LogP contribution in [0.2, 0.25) is 0 Å². The summed E-state index contributed by atoms with van der Waals surface area (Å²) in [5.41, 5.74) is -0.0948. The van der Waals surface area contributed by atoms with Crippen molar-refractivity contribution in [3.8, 4) is 0 Å². The van der Waals surface area contributed by atoms with Crippen LogP contribution < -0.4 is 10.6 Å². The van der Waals surface area contributed by atoms with Gasteiger partial charge < -0.3 is 15.5 Å². The van der Waals surface area contributed by atoms with Crippen molar-refractivity contribution in [2.75, 3.05) is 33.7 Å². The van der Waals surface area contributed by atoms with Crippen molar-refractivity contribution < 1.29 is 4.79 Å². The Hall–Kier alpha value is -0.610. The molecule has 0 atom stereocenters. The summed E-state index contributed by atoms with van der Waals surface area (Å²) >= 11 is 0. The highest BCUT2D eigenvalue weighted by atomic mass is 16.2. The molecule has 0 saturated heterocycles. The largest absolute Gasteiger partial charge is 0.350 e. The topological polar surface area (TPSA) is 44.4 Å². The number of nitrogens with one attached hydrogen (secondary N) is 2. The van der Waals surface area contributed by atoms with Gasteiger partial charge in [-0.3, -0.25) is 4.79 Å². The fourth-order valence-corrected chi connectivity index (χ4v) is 1.23. The molecule has 0 aliphatic rings. The van der Waals surface area contributed by atoms with Gasteiger partial charge in [0.1, 0.15) is 0 Å². The van der Waals surface area contributed by atoms with E-state index in [0.717, 1.165) is 25.9 Å². The molecule has 16 heavy (non-hydrogen) atoms. The van der Waals surface area contributed by atoms with E-state index in [2.05, 4.69) is 36.6 Å². The summed E-state index contributed by atoms with van der Waals surface area (Å²) in [6.07, 6.45) is 2.01. The predicted molar refractivity (Wildman–Crippen MR) is 68.6 cm³/mol. The van der Waals surface area contributed by atoms with Crippen molar-refractivity contribution in [1.82, 2.24) is 15.5 Å². The van der Waals surface area contributed by atoms with E-state index >= 15 is 0 Å². The first kappa shape index (κ1) is 15.4. The van der Waals surface area contributed by atoms with Crippen molar-refractivity contribution >= 4 is 5.91 Å². The van der Waals surface area contributed by atoms with Crippen LogP contribution in [0.4, 0.5) is 0 Å². The smallest absolute Gasteiger partial charge is 0.234 e. The lowest BCUT2D eigenvalue weighted by atomic mass is 10.0. The molecule has 0 aliphatic carbocycles. The standard InChI is InChI=1S/C12H27N3O/c1-6-12(2,3)14-11(16)10-13-8-7-9-15(4)5/h13H,6-10H2,1-5H3,(H,14,16). The van der Waals surface area contributed by atoms with E-state index in [4.69, 9.17) is 0 Å². The molecule has 0 aromatic heterocycles. The monoisotopic (exact) mass is 229 g/mol. The number of rotatable bonds is 8. The van der Waals surface area contributed by atoms with Crippen molar-refractivity contribution in [2.24, 2.45) is 0 Å². The van der Waals surface area contributed by atoms with Gasteiger partial charge in [-0.15, -0.1) is 0 Å². The molecule has 4 heteroatoms. The van der Waals surface area contributed by atoms with Crippen LogP contribution in [0.1, 0.15) is 33.6 Å². The Balaban J connectivity index is 3.52. The van der Waals surface area contributed by atoms with Crippen LogP contribution in [0.3, 0.4) is 0 Å². The molecule has 0 fully saturated rings. The highest BCUT2D eigenvalue weighted by Gasteiger charge is 2.16. The second kappa shape index (κ2) is 7.63. The molecule has 0 bridgehead atoms. The molecule has 0 aliphatic heterocycles. The lowest BCUT2D eigenvalue weighted by molar-refractivity contribution is -0.121. The summed E-state index contributed by atoms with van der Waals surface area (Å²) in [6.45, 7) is 8.50. The third-order valence-electron chi connectivity index (χ3n) is 2.61. The van der Waals surface area contributed by atoms with E-state index < -0.39 is 0 Å². The second-order valence-electron chi connectivity index (χ2n) is 5.12. The number of carbonyl (C=O) groups is 1. The number of carbonyl (C=O) groups excluding carboxylic acids is 1. The Labute approximate surface area is 99.8 Å². The Kier molecular flexibility index (Phi) is 7.34. The van der Waals surface area contributed by atoms with Crippen molar-refractivity contribution in [3.63, 3.8) is 0 Å². The van der Waals surface area contributed by atoms with E-state index in [1.165, 1.54) is 0 Å². The molecule has 0 aromatic carbocycles. The Morgan fingerprint density at radius 1 is 1.31 bits per heavy atom. The van der Waals surface area contributed by atoms with Gasteiger partial charge >= 0.3 is 0 Å². The fourth-order valence-electron chi connectivity index (χ4n) is 1.23. The summed E-state index contributed by atoms with van der Waals surface area (Å²) in [7, 11) is 4.10. The van der Waals surface area contributed by atoms with Gasteiger partial charge in [0.05, 0.1) is 6.54 Å². The van der Waals surface area contributed by atoms with Crippen LogP contribution in [0, 0.1) is 0 Å². The first-order valence-corrected chi connectivity index (χ1v) is 6.04. The molecule has 2 N–H and O–H groups in total. The average Bonchev–Trinajstić information content (AvgIpc) is 2.16. The van der Waals surface area contributed by atoms with Gasteiger partial charge in [0.25, 0.3) is 0 Å². The maximum atomic E-state index is 11.5. The van der Waals surface area contributed by atoms with Crippen LogP contribution >= 0.6 is 0 Å². The highest BCUT2D eigenvalue weighted by molar-refractivity contribution is 5.78. The summed E-state index contributed by atoms with van der Waals surface area (Å²) in [6, 6.07) is 0. The first-order valence-electron chi connectivity index (χ1n) is 6.04.